The number of hydrogen-bond acceptors (Lipinski definition) is 2. The van der Waals surface area contributed by atoms with E-state index in [4.69, 9.17) is 4.74 Å². The molecule has 146 valence electrons. The fraction of sp³-hybridized carbons (Fsp3) is 0.111. The van der Waals surface area contributed by atoms with Crippen LogP contribution in [0.1, 0.15) is 44.9 Å². The summed E-state index contributed by atoms with van der Waals surface area (Å²) >= 11 is 0. The van der Waals surface area contributed by atoms with Crippen LogP contribution in [0.3, 0.4) is 0 Å². The van der Waals surface area contributed by atoms with Crippen molar-refractivity contribution in [2.24, 2.45) is 0 Å². The van der Waals surface area contributed by atoms with Gasteiger partial charge in [-0.1, -0.05) is 36.4 Å². The van der Waals surface area contributed by atoms with Crippen LogP contribution in [-0.2, 0) is 12.8 Å². The number of phenols is 1. The maximum absolute atomic E-state index is 13.8. The minimum atomic E-state index is -0.250. The summed E-state index contributed by atoms with van der Waals surface area (Å²) in [6, 6.07) is 14.6. The van der Waals surface area contributed by atoms with Crippen LogP contribution in [0.25, 0.3) is 17.9 Å². The first-order valence-electron chi connectivity index (χ1n) is 10.2. The van der Waals surface area contributed by atoms with Crippen LogP contribution in [0.4, 0.5) is 4.39 Å². The molecule has 3 heteroatoms. The zero-order chi connectivity index (χ0) is 20.2. The Balaban J connectivity index is 1.40. The SMILES string of the molecule is Oc1ccc2c(c1)C=CC2c1cc(OC2=CCc3ccc(F)cc32)cc2c1C=CC2. The van der Waals surface area contributed by atoms with E-state index < -0.39 is 0 Å². The number of benzene rings is 3. The summed E-state index contributed by atoms with van der Waals surface area (Å²) in [6.07, 6.45) is 12.2. The molecular weight excluding hydrogens is 375 g/mol. The summed E-state index contributed by atoms with van der Waals surface area (Å²) in [5.74, 6) is 1.63. The molecule has 30 heavy (non-hydrogen) atoms. The molecule has 0 bridgehead atoms. The molecule has 0 spiro atoms. The van der Waals surface area contributed by atoms with Gasteiger partial charge in [0.2, 0.25) is 0 Å². The molecule has 6 rings (SSSR count). The molecule has 0 saturated carbocycles. The molecule has 0 amide bonds. The van der Waals surface area contributed by atoms with E-state index >= 15 is 0 Å². The number of allylic oxidation sites excluding steroid dienone is 3. The van der Waals surface area contributed by atoms with Crippen LogP contribution in [-0.4, -0.2) is 5.11 Å². The molecule has 3 aromatic rings. The second-order valence-corrected chi connectivity index (χ2v) is 8.02. The van der Waals surface area contributed by atoms with Crippen molar-refractivity contribution >= 4 is 17.9 Å². The van der Waals surface area contributed by atoms with Crippen molar-refractivity contribution < 1.29 is 14.2 Å². The third-order valence-electron chi connectivity index (χ3n) is 6.17. The van der Waals surface area contributed by atoms with Gasteiger partial charge < -0.3 is 9.84 Å². The lowest BCUT2D eigenvalue weighted by Crippen LogP contribution is -2.02. The largest absolute Gasteiger partial charge is 0.508 e. The van der Waals surface area contributed by atoms with Crippen molar-refractivity contribution in [2.45, 2.75) is 18.8 Å². The Hall–Kier alpha value is -3.59. The van der Waals surface area contributed by atoms with Crippen molar-refractivity contribution in [3.8, 4) is 11.5 Å². The first-order valence-corrected chi connectivity index (χ1v) is 10.2. The van der Waals surface area contributed by atoms with Crippen molar-refractivity contribution in [3.63, 3.8) is 0 Å². The average Bonchev–Trinajstić information content (AvgIpc) is 3.46. The van der Waals surface area contributed by atoms with Gasteiger partial charge in [-0.05, 0) is 88.7 Å². The molecule has 0 heterocycles. The molecule has 3 aliphatic rings. The summed E-state index contributed by atoms with van der Waals surface area (Å²) in [5.41, 5.74) is 7.81. The second-order valence-electron chi connectivity index (χ2n) is 8.02. The summed E-state index contributed by atoms with van der Waals surface area (Å²) in [6.45, 7) is 0. The first-order chi connectivity index (χ1) is 14.7. The highest BCUT2D eigenvalue weighted by atomic mass is 19.1. The molecular formula is C27H19FO2. The quantitative estimate of drug-likeness (QED) is 0.570. The fourth-order valence-electron chi connectivity index (χ4n) is 4.76. The zero-order valence-electron chi connectivity index (χ0n) is 16.2. The zero-order valence-corrected chi connectivity index (χ0v) is 16.2. The lowest BCUT2D eigenvalue weighted by atomic mass is 9.88. The number of hydrogen-bond donors (Lipinski definition) is 1. The minimum absolute atomic E-state index is 0.114. The Bertz CT molecular complexity index is 1300. The maximum Gasteiger partial charge on any atom is 0.131 e. The van der Waals surface area contributed by atoms with Gasteiger partial charge in [0.05, 0.1) is 0 Å². The lowest BCUT2D eigenvalue weighted by Gasteiger charge is -2.18. The Morgan fingerprint density at radius 1 is 0.900 bits per heavy atom. The van der Waals surface area contributed by atoms with Gasteiger partial charge in [-0.2, -0.15) is 0 Å². The van der Waals surface area contributed by atoms with Crippen LogP contribution in [0.15, 0.2) is 66.8 Å². The smallest absolute Gasteiger partial charge is 0.131 e. The highest BCUT2D eigenvalue weighted by Crippen LogP contribution is 2.43. The number of phenolic OH excluding ortho intramolecular Hbond substituents is 1. The molecule has 1 N–H and O–H groups in total. The topological polar surface area (TPSA) is 29.5 Å². The van der Waals surface area contributed by atoms with Gasteiger partial charge in [0.15, 0.2) is 0 Å². The molecule has 2 nitrogen and oxygen atoms in total. The van der Waals surface area contributed by atoms with Crippen molar-refractivity contribution in [2.75, 3.05) is 0 Å². The molecule has 3 aromatic carbocycles. The van der Waals surface area contributed by atoms with E-state index in [9.17, 15) is 9.50 Å². The minimum Gasteiger partial charge on any atom is -0.508 e. The van der Waals surface area contributed by atoms with Gasteiger partial charge >= 0.3 is 0 Å². The van der Waals surface area contributed by atoms with Gasteiger partial charge in [0, 0.05) is 11.5 Å². The van der Waals surface area contributed by atoms with Crippen LogP contribution >= 0.6 is 0 Å². The van der Waals surface area contributed by atoms with Gasteiger partial charge in [-0.25, -0.2) is 4.39 Å². The van der Waals surface area contributed by atoms with Crippen LogP contribution < -0.4 is 4.74 Å². The predicted molar refractivity (Wildman–Crippen MR) is 117 cm³/mol. The van der Waals surface area contributed by atoms with E-state index in [2.05, 4.69) is 36.4 Å². The summed E-state index contributed by atoms with van der Waals surface area (Å²) in [4.78, 5) is 0. The Morgan fingerprint density at radius 3 is 2.77 bits per heavy atom. The monoisotopic (exact) mass is 394 g/mol. The molecule has 1 atom stereocenters. The Labute approximate surface area is 174 Å². The van der Waals surface area contributed by atoms with E-state index in [0.29, 0.717) is 5.76 Å². The van der Waals surface area contributed by atoms with Gasteiger partial charge in [-0.3, -0.25) is 0 Å². The average molecular weight is 394 g/mol. The van der Waals surface area contributed by atoms with Crippen LogP contribution in [0.5, 0.6) is 11.5 Å². The number of rotatable bonds is 3. The Kier molecular flexibility index (Phi) is 3.72. The number of ether oxygens (including phenoxy) is 1. The highest BCUT2D eigenvalue weighted by molar-refractivity contribution is 5.74. The van der Waals surface area contributed by atoms with Crippen LogP contribution in [0, 0.1) is 5.82 Å². The van der Waals surface area contributed by atoms with E-state index in [1.54, 1.807) is 18.2 Å². The summed E-state index contributed by atoms with van der Waals surface area (Å²) in [7, 11) is 0. The van der Waals surface area contributed by atoms with E-state index in [0.717, 1.165) is 35.3 Å². The summed E-state index contributed by atoms with van der Waals surface area (Å²) < 4.78 is 20.1. The predicted octanol–water partition coefficient (Wildman–Crippen LogP) is 6.24. The third-order valence-corrected chi connectivity index (χ3v) is 6.17. The molecule has 3 aliphatic carbocycles. The maximum atomic E-state index is 13.8. The number of fused-ring (bicyclic) bond motifs is 3. The molecule has 0 aromatic heterocycles. The van der Waals surface area contributed by atoms with Crippen molar-refractivity contribution in [1.82, 2.24) is 0 Å². The van der Waals surface area contributed by atoms with Gasteiger partial charge in [0.1, 0.15) is 23.1 Å². The second kappa shape index (κ2) is 6.46. The van der Waals surface area contributed by atoms with Crippen molar-refractivity contribution in [1.29, 1.82) is 0 Å². The molecule has 0 fully saturated rings. The lowest BCUT2D eigenvalue weighted by molar-refractivity contribution is 0.475. The normalized spacial score (nSPS) is 17.6. The molecule has 1 unspecified atom stereocenters. The number of halogens is 1. The molecule has 0 saturated heterocycles. The fourth-order valence-corrected chi connectivity index (χ4v) is 4.76. The Morgan fingerprint density at radius 2 is 1.83 bits per heavy atom. The van der Waals surface area contributed by atoms with Crippen molar-refractivity contribution in [3.05, 3.63) is 112 Å². The standard InChI is InChI=1S/C27H19FO2/c28-19-7-4-16-6-11-27(25(16)14-19)30-21-13-17-2-1-3-22(17)26(15-21)24-9-5-18-12-20(29)8-10-23(18)24/h1,3-5,7-15,24,29H,2,6H2. The summed E-state index contributed by atoms with van der Waals surface area (Å²) in [5, 5.41) is 9.81. The first kappa shape index (κ1) is 17.3. The van der Waals surface area contributed by atoms with E-state index in [1.807, 2.05) is 18.2 Å². The molecule has 0 radical (unpaired) electrons. The van der Waals surface area contributed by atoms with E-state index in [1.165, 1.54) is 28.3 Å². The van der Waals surface area contributed by atoms with Gasteiger partial charge in [-0.15, -0.1) is 0 Å². The van der Waals surface area contributed by atoms with Crippen LogP contribution in [0.2, 0.25) is 0 Å². The van der Waals surface area contributed by atoms with Gasteiger partial charge in [0.25, 0.3) is 0 Å². The van der Waals surface area contributed by atoms with E-state index in [-0.39, 0.29) is 17.5 Å². The number of aromatic hydroxyl groups is 1. The molecule has 0 aliphatic heterocycles. The third kappa shape index (κ3) is 2.70. The highest BCUT2D eigenvalue weighted by Gasteiger charge is 2.25.